The van der Waals surface area contributed by atoms with Gasteiger partial charge in [0.05, 0.1) is 26.9 Å². The average Bonchev–Trinajstić information content (AvgIpc) is 3.40. The number of carbonyl (C=O) groups is 1. The minimum Gasteiger partial charge on any atom is -0.493 e. The van der Waals surface area contributed by atoms with Crippen molar-refractivity contribution in [2.75, 3.05) is 26.6 Å². The lowest BCUT2D eigenvalue weighted by Crippen LogP contribution is -2.29. The van der Waals surface area contributed by atoms with Gasteiger partial charge in [0, 0.05) is 16.5 Å². The highest BCUT2D eigenvalue weighted by molar-refractivity contribution is 7.98. The molecule has 1 atom stereocenters. The first-order chi connectivity index (χ1) is 19.9. The van der Waals surface area contributed by atoms with Crippen molar-refractivity contribution < 1.29 is 23.7 Å². The average molecular weight is 593 g/mol. The summed E-state index contributed by atoms with van der Waals surface area (Å²) in [6.45, 7) is 1.94. The van der Waals surface area contributed by atoms with Crippen LogP contribution >= 0.6 is 23.4 Å². The molecule has 9 nitrogen and oxygen atoms in total. The Kier molecular flexibility index (Phi) is 8.70. The number of nitrogens with one attached hydrogen (secondary N) is 1. The van der Waals surface area contributed by atoms with Crippen LogP contribution in [0.2, 0.25) is 5.02 Å². The van der Waals surface area contributed by atoms with Crippen LogP contribution in [0.3, 0.4) is 0 Å². The molecule has 0 saturated heterocycles. The van der Waals surface area contributed by atoms with Gasteiger partial charge in [0.1, 0.15) is 12.6 Å². The van der Waals surface area contributed by atoms with Crippen molar-refractivity contribution in [1.82, 2.24) is 14.8 Å². The van der Waals surface area contributed by atoms with E-state index < -0.39 is 12.0 Å². The third-order valence-electron chi connectivity index (χ3n) is 6.58. The SMILES string of the molecule is COc1cc(C2C(C(=O)OCc3ccccc3)=C(C)Nc3nc(SCc4ccccc4Cl)nn32)cc(OC)c1OC. The largest absolute Gasteiger partial charge is 0.493 e. The number of ether oxygens (including phenoxy) is 4. The second kappa shape index (κ2) is 12.6. The van der Waals surface area contributed by atoms with Gasteiger partial charge in [0.2, 0.25) is 16.9 Å². The predicted molar refractivity (Wildman–Crippen MR) is 158 cm³/mol. The number of esters is 1. The topological polar surface area (TPSA) is 96.7 Å². The molecule has 0 amide bonds. The maximum Gasteiger partial charge on any atom is 0.338 e. The molecule has 41 heavy (non-hydrogen) atoms. The lowest BCUT2D eigenvalue weighted by atomic mass is 9.95. The zero-order valence-electron chi connectivity index (χ0n) is 23.0. The maximum atomic E-state index is 13.7. The Bertz CT molecular complexity index is 1570. The number of allylic oxidation sites excluding steroid dienone is 1. The number of nitrogens with zero attached hydrogens (tertiary/aromatic N) is 3. The van der Waals surface area contributed by atoms with E-state index >= 15 is 0 Å². The minimum atomic E-state index is -0.689. The van der Waals surface area contributed by atoms with E-state index in [2.05, 4.69) is 5.32 Å². The first-order valence-corrected chi connectivity index (χ1v) is 14.1. The van der Waals surface area contributed by atoms with Crippen molar-refractivity contribution in [2.45, 2.75) is 30.5 Å². The summed E-state index contributed by atoms with van der Waals surface area (Å²) in [5.41, 5.74) is 3.52. The van der Waals surface area contributed by atoms with Crippen LogP contribution in [0, 0.1) is 0 Å². The zero-order chi connectivity index (χ0) is 28.9. The number of methoxy groups -OCH3 is 3. The fourth-order valence-electron chi connectivity index (χ4n) is 4.58. The van der Waals surface area contributed by atoms with Crippen LogP contribution < -0.4 is 19.5 Å². The quantitative estimate of drug-likeness (QED) is 0.168. The summed E-state index contributed by atoms with van der Waals surface area (Å²) in [4.78, 5) is 18.4. The van der Waals surface area contributed by atoms with Crippen molar-refractivity contribution >= 4 is 35.3 Å². The van der Waals surface area contributed by atoms with E-state index in [9.17, 15) is 4.79 Å². The summed E-state index contributed by atoms with van der Waals surface area (Å²) in [5.74, 6) is 1.93. The lowest BCUT2D eigenvalue weighted by molar-refractivity contribution is -0.140. The summed E-state index contributed by atoms with van der Waals surface area (Å²) in [7, 11) is 4.63. The molecule has 3 aromatic carbocycles. The van der Waals surface area contributed by atoms with Crippen molar-refractivity contribution in [3.8, 4) is 17.2 Å². The summed E-state index contributed by atoms with van der Waals surface area (Å²) >= 11 is 7.81. The molecule has 2 heterocycles. The van der Waals surface area contributed by atoms with Crippen molar-refractivity contribution in [2.24, 2.45) is 0 Å². The van der Waals surface area contributed by atoms with Gasteiger partial charge < -0.3 is 24.3 Å². The number of fused-ring (bicyclic) bond motifs is 1. The Balaban J connectivity index is 1.54. The number of carbonyl (C=O) groups excluding carboxylic acids is 1. The van der Waals surface area contributed by atoms with Gasteiger partial charge in [-0.3, -0.25) is 0 Å². The third kappa shape index (κ3) is 5.98. The van der Waals surface area contributed by atoms with Gasteiger partial charge in [0.25, 0.3) is 0 Å². The van der Waals surface area contributed by atoms with Gasteiger partial charge in [-0.05, 0) is 41.8 Å². The van der Waals surface area contributed by atoms with E-state index in [4.69, 9.17) is 40.6 Å². The lowest BCUT2D eigenvalue weighted by Gasteiger charge is -2.29. The molecule has 0 radical (unpaired) electrons. The Morgan fingerprint density at radius 2 is 1.68 bits per heavy atom. The van der Waals surface area contributed by atoms with Crippen LogP contribution in [0.4, 0.5) is 5.95 Å². The van der Waals surface area contributed by atoms with Crippen LogP contribution in [0.1, 0.15) is 29.7 Å². The second-order valence-electron chi connectivity index (χ2n) is 9.13. The van der Waals surface area contributed by atoms with Crippen LogP contribution in [0.25, 0.3) is 0 Å². The van der Waals surface area contributed by atoms with E-state index in [1.54, 1.807) is 38.1 Å². The van der Waals surface area contributed by atoms with E-state index in [-0.39, 0.29) is 6.61 Å². The van der Waals surface area contributed by atoms with Crippen LogP contribution in [0.15, 0.2) is 83.2 Å². The van der Waals surface area contributed by atoms with Gasteiger partial charge in [-0.2, -0.15) is 4.98 Å². The maximum absolute atomic E-state index is 13.7. The first kappa shape index (κ1) is 28.4. The molecular weight excluding hydrogens is 564 g/mol. The zero-order valence-corrected chi connectivity index (χ0v) is 24.6. The standard InChI is InChI=1S/C30H29ClN4O5S/c1-18-25(28(36)40-16-19-10-6-5-7-11-19)26(21-14-23(37-2)27(39-4)24(15-21)38-3)35-29(32-18)33-30(34-35)41-17-20-12-8-9-13-22(20)31/h5-15,26H,16-17H2,1-4H3,(H,32,33,34). The summed E-state index contributed by atoms with van der Waals surface area (Å²) in [6, 6.07) is 20.1. The van der Waals surface area contributed by atoms with E-state index in [0.29, 0.717) is 56.0 Å². The summed E-state index contributed by atoms with van der Waals surface area (Å²) < 4.78 is 24.2. The molecule has 1 unspecified atom stereocenters. The van der Waals surface area contributed by atoms with Crippen LogP contribution in [0.5, 0.6) is 17.2 Å². The number of anilines is 1. The molecular formula is C30H29ClN4O5S. The number of hydrogen-bond acceptors (Lipinski definition) is 9. The number of rotatable bonds is 10. The first-order valence-electron chi connectivity index (χ1n) is 12.7. The third-order valence-corrected chi connectivity index (χ3v) is 7.84. The smallest absolute Gasteiger partial charge is 0.338 e. The fourth-order valence-corrected chi connectivity index (χ4v) is 5.70. The van der Waals surface area contributed by atoms with Gasteiger partial charge in [0.15, 0.2) is 11.5 Å². The molecule has 1 aliphatic heterocycles. The summed E-state index contributed by atoms with van der Waals surface area (Å²) in [5, 5.41) is 9.24. The molecule has 1 N–H and O–H groups in total. The Morgan fingerprint density at radius 3 is 2.34 bits per heavy atom. The molecule has 0 saturated carbocycles. The highest BCUT2D eigenvalue weighted by Crippen LogP contribution is 2.44. The number of halogens is 1. The molecule has 212 valence electrons. The number of aromatic nitrogens is 3. The van der Waals surface area contributed by atoms with Gasteiger partial charge in [-0.1, -0.05) is 71.9 Å². The van der Waals surface area contributed by atoms with Crippen LogP contribution in [-0.4, -0.2) is 42.1 Å². The van der Waals surface area contributed by atoms with Gasteiger partial charge >= 0.3 is 5.97 Å². The molecule has 1 aliphatic rings. The number of benzene rings is 3. The molecule has 5 rings (SSSR count). The second-order valence-corrected chi connectivity index (χ2v) is 10.5. The minimum absolute atomic E-state index is 0.127. The predicted octanol–water partition coefficient (Wildman–Crippen LogP) is 6.28. The molecule has 1 aromatic heterocycles. The molecule has 4 aromatic rings. The van der Waals surface area contributed by atoms with E-state index in [1.165, 1.54) is 11.8 Å². The van der Waals surface area contributed by atoms with Gasteiger partial charge in [-0.25, -0.2) is 9.48 Å². The van der Waals surface area contributed by atoms with E-state index in [0.717, 1.165) is 11.1 Å². The Hall–Kier alpha value is -4.15. The molecule has 0 bridgehead atoms. The summed E-state index contributed by atoms with van der Waals surface area (Å²) in [6.07, 6.45) is 0. The molecule has 11 heteroatoms. The highest BCUT2D eigenvalue weighted by atomic mass is 35.5. The monoisotopic (exact) mass is 592 g/mol. The van der Waals surface area contributed by atoms with Crippen molar-refractivity contribution in [3.05, 3.63) is 99.7 Å². The van der Waals surface area contributed by atoms with Crippen molar-refractivity contribution in [1.29, 1.82) is 0 Å². The van der Waals surface area contributed by atoms with E-state index in [1.807, 2.05) is 61.5 Å². The van der Waals surface area contributed by atoms with Gasteiger partial charge in [-0.15, -0.1) is 5.10 Å². The number of hydrogen-bond donors (Lipinski definition) is 1. The molecule has 0 spiro atoms. The van der Waals surface area contributed by atoms with Crippen LogP contribution in [-0.2, 0) is 21.9 Å². The van der Waals surface area contributed by atoms with Crippen molar-refractivity contribution in [3.63, 3.8) is 0 Å². The Labute approximate surface area is 247 Å². The normalized spacial score (nSPS) is 14.2. The Morgan fingerprint density at radius 1 is 1.00 bits per heavy atom. The fraction of sp³-hybridized carbons (Fsp3) is 0.233. The highest BCUT2D eigenvalue weighted by Gasteiger charge is 2.36. The molecule has 0 fully saturated rings. The molecule has 0 aliphatic carbocycles. The number of thioether (sulfide) groups is 1.